The van der Waals surface area contributed by atoms with Crippen molar-refractivity contribution in [2.24, 2.45) is 17.5 Å². The molecule has 1 aromatic heterocycles. The highest BCUT2D eigenvalue weighted by Gasteiger charge is 2.41. The summed E-state index contributed by atoms with van der Waals surface area (Å²) in [5.41, 5.74) is -0.300. The second-order valence-electron chi connectivity index (χ2n) is 6.95. The van der Waals surface area contributed by atoms with Crippen molar-refractivity contribution in [1.29, 1.82) is 0 Å². The minimum absolute atomic E-state index is 0. The maximum Gasteiger partial charge on any atom is 0.435 e. The van der Waals surface area contributed by atoms with E-state index in [1.54, 1.807) is 7.05 Å². The number of likely N-dealkylation sites (tertiary alicyclic amines) is 1. The highest BCUT2D eigenvalue weighted by molar-refractivity contribution is 14.0. The fourth-order valence-electron chi connectivity index (χ4n) is 4.06. The minimum Gasteiger partial charge on any atom is -0.352 e. The fraction of sp³-hybridized carbons (Fsp3) is 0.750. The lowest BCUT2D eigenvalue weighted by Gasteiger charge is -2.26. The molecule has 25 heavy (non-hydrogen) atoms. The van der Waals surface area contributed by atoms with Gasteiger partial charge in [0.05, 0.1) is 0 Å². The Morgan fingerprint density at radius 3 is 2.60 bits per heavy atom. The van der Waals surface area contributed by atoms with Crippen LogP contribution < -0.4 is 5.32 Å². The Bertz CT molecular complexity index is 620. The minimum atomic E-state index is -4.44. The van der Waals surface area contributed by atoms with Gasteiger partial charge in [0.1, 0.15) is 0 Å². The van der Waals surface area contributed by atoms with Crippen molar-refractivity contribution in [3.63, 3.8) is 0 Å². The number of hydrogen-bond donors (Lipinski definition) is 1. The zero-order valence-electron chi connectivity index (χ0n) is 14.6. The van der Waals surface area contributed by atoms with Crippen molar-refractivity contribution >= 4 is 29.9 Å². The molecule has 1 N–H and O–H groups in total. The summed E-state index contributed by atoms with van der Waals surface area (Å²) in [6.45, 7) is 1.93. The maximum absolute atomic E-state index is 13.0. The van der Waals surface area contributed by atoms with Crippen LogP contribution in [0.15, 0.2) is 11.2 Å². The van der Waals surface area contributed by atoms with Crippen molar-refractivity contribution in [2.45, 2.75) is 44.8 Å². The molecule has 1 saturated carbocycles. The standard InChI is InChI=1S/C16H24F3N5.HI/c1-20-14(24-8-7-15(11-24)5-3-4-6-15)21-9-12-10-23(2)22-13(12)16(17,18)19;/h10H,3-9,11H2,1-2H3,(H,20,21);1H. The third-order valence-electron chi connectivity index (χ3n) is 5.22. The summed E-state index contributed by atoms with van der Waals surface area (Å²) < 4.78 is 40.3. The van der Waals surface area contributed by atoms with Gasteiger partial charge in [-0.2, -0.15) is 18.3 Å². The molecule has 2 fully saturated rings. The zero-order valence-corrected chi connectivity index (χ0v) is 16.9. The second-order valence-corrected chi connectivity index (χ2v) is 6.95. The van der Waals surface area contributed by atoms with E-state index in [0.717, 1.165) is 19.5 Å². The predicted molar refractivity (Wildman–Crippen MR) is 101 cm³/mol. The third-order valence-corrected chi connectivity index (χ3v) is 5.22. The number of rotatable bonds is 2. The Balaban J connectivity index is 0.00000225. The first-order valence-electron chi connectivity index (χ1n) is 8.38. The first-order valence-corrected chi connectivity index (χ1v) is 8.38. The van der Waals surface area contributed by atoms with E-state index < -0.39 is 11.9 Å². The Morgan fingerprint density at radius 1 is 1.32 bits per heavy atom. The van der Waals surface area contributed by atoms with E-state index in [9.17, 15) is 13.2 Å². The van der Waals surface area contributed by atoms with Gasteiger partial charge in [-0.15, -0.1) is 24.0 Å². The lowest BCUT2D eigenvalue weighted by molar-refractivity contribution is -0.142. The van der Waals surface area contributed by atoms with E-state index in [0.29, 0.717) is 11.4 Å². The average molecular weight is 471 g/mol. The van der Waals surface area contributed by atoms with Gasteiger partial charge < -0.3 is 10.2 Å². The highest BCUT2D eigenvalue weighted by Crippen LogP contribution is 2.45. The van der Waals surface area contributed by atoms with Crippen molar-refractivity contribution < 1.29 is 13.2 Å². The van der Waals surface area contributed by atoms with Crippen LogP contribution in [0.25, 0.3) is 0 Å². The van der Waals surface area contributed by atoms with Crippen molar-refractivity contribution in [3.8, 4) is 0 Å². The molecule has 2 aliphatic rings. The van der Waals surface area contributed by atoms with Gasteiger partial charge in [-0.1, -0.05) is 12.8 Å². The largest absolute Gasteiger partial charge is 0.435 e. The monoisotopic (exact) mass is 471 g/mol. The van der Waals surface area contributed by atoms with Gasteiger partial charge >= 0.3 is 6.18 Å². The van der Waals surface area contributed by atoms with Crippen LogP contribution in [0, 0.1) is 5.41 Å². The van der Waals surface area contributed by atoms with Gasteiger partial charge in [0, 0.05) is 45.5 Å². The van der Waals surface area contributed by atoms with Crippen molar-refractivity contribution in [2.75, 3.05) is 20.1 Å². The van der Waals surface area contributed by atoms with Crippen LogP contribution in [0.4, 0.5) is 13.2 Å². The number of hydrogen-bond acceptors (Lipinski definition) is 2. The Morgan fingerprint density at radius 2 is 2.00 bits per heavy atom. The molecule has 9 heteroatoms. The van der Waals surface area contributed by atoms with Gasteiger partial charge in [0.2, 0.25) is 0 Å². The molecule has 5 nitrogen and oxygen atoms in total. The van der Waals surface area contributed by atoms with Crippen molar-refractivity contribution in [3.05, 3.63) is 17.5 Å². The van der Waals surface area contributed by atoms with Gasteiger partial charge in [-0.3, -0.25) is 9.67 Å². The second kappa shape index (κ2) is 7.71. The number of alkyl halides is 3. The molecule has 0 unspecified atom stereocenters. The number of guanidine groups is 1. The van der Waals surface area contributed by atoms with Crippen LogP contribution >= 0.6 is 24.0 Å². The Hall–Kier alpha value is -1.00. The van der Waals surface area contributed by atoms with Crippen LogP contribution in [0.3, 0.4) is 0 Å². The summed E-state index contributed by atoms with van der Waals surface area (Å²) in [7, 11) is 3.17. The number of nitrogens with one attached hydrogen (secondary N) is 1. The lowest BCUT2D eigenvalue weighted by atomic mass is 9.86. The molecule has 0 aromatic carbocycles. The quantitative estimate of drug-likeness (QED) is 0.409. The smallest absolute Gasteiger partial charge is 0.352 e. The van der Waals surface area contributed by atoms with Gasteiger partial charge in [-0.25, -0.2) is 0 Å². The fourth-order valence-corrected chi connectivity index (χ4v) is 4.06. The third kappa shape index (κ3) is 4.40. The lowest BCUT2D eigenvalue weighted by Crippen LogP contribution is -2.40. The summed E-state index contributed by atoms with van der Waals surface area (Å²) in [4.78, 5) is 6.44. The van der Waals surface area contributed by atoms with Gasteiger partial charge in [0.15, 0.2) is 11.7 Å². The van der Waals surface area contributed by atoms with E-state index in [1.807, 2.05) is 0 Å². The molecule has 3 rings (SSSR count). The number of aryl methyl sites for hydroxylation is 1. The first kappa shape index (κ1) is 20.3. The zero-order chi connectivity index (χ0) is 17.4. The normalized spacial score (nSPS) is 20.2. The molecule has 2 heterocycles. The molecule has 0 radical (unpaired) electrons. The van der Waals surface area contributed by atoms with Crippen LogP contribution in [0.2, 0.25) is 0 Å². The number of aromatic nitrogens is 2. The molecular formula is C16H25F3IN5. The van der Waals surface area contributed by atoms with Crippen molar-refractivity contribution in [1.82, 2.24) is 20.0 Å². The summed E-state index contributed by atoms with van der Waals surface area (Å²) in [6, 6.07) is 0. The first-order chi connectivity index (χ1) is 11.3. The molecule has 1 spiro atoms. The molecule has 0 atom stereocenters. The summed E-state index contributed by atoms with van der Waals surface area (Å²) >= 11 is 0. The van der Waals surface area contributed by atoms with E-state index in [4.69, 9.17) is 0 Å². The summed E-state index contributed by atoms with van der Waals surface area (Å²) in [6.07, 6.45) is 3.18. The number of nitrogens with zero attached hydrogens (tertiary/aromatic N) is 4. The van der Waals surface area contributed by atoms with E-state index in [2.05, 4.69) is 20.3 Å². The molecule has 1 saturated heterocycles. The molecular weight excluding hydrogens is 446 g/mol. The number of aliphatic imine (C=N–C) groups is 1. The Labute approximate surface area is 163 Å². The van der Waals surface area contributed by atoms with E-state index >= 15 is 0 Å². The average Bonchev–Trinajstić information content (AvgIpc) is 3.22. The predicted octanol–water partition coefficient (Wildman–Crippen LogP) is 3.40. The van der Waals surface area contributed by atoms with Gasteiger partial charge in [0.25, 0.3) is 0 Å². The summed E-state index contributed by atoms with van der Waals surface area (Å²) in [5, 5.41) is 6.62. The van der Waals surface area contributed by atoms with Crippen LogP contribution in [0.1, 0.15) is 43.4 Å². The van der Waals surface area contributed by atoms with Crippen LogP contribution in [0.5, 0.6) is 0 Å². The van der Waals surface area contributed by atoms with E-state index in [-0.39, 0.29) is 36.1 Å². The maximum atomic E-state index is 13.0. The molecule has 142 valence electrons. The SMILES string of the molecule is CN=C(NCc1cn(C)nc1C(F)(F)F)N1CCC2(CCCC2)C1.I. The number of halogens is 4. The molecule has 1 aromatic rings. The molecule has 1 aliphatic carbocycles. The Kier molecular flexibility index (Phi) is 6.26. The topological polar surface area (TPSA) is 45.5 Å². The van der Waals surface area contributed by atoms with Crippen LogP contribution in [-0.2, 0) is 19.8 Å². The molecule has 1 aliphatic heterocycles. The van der Waals surface area contributed by atoms with Crippen LogP contribution in [-0.4, -0.2) is 40.8 Å². The summed E-state index contributed by atoms with van der Waals surface area (Å²) in [5.74, 6) is 0.677. The van der Waals surface area contributed by atoms with Gasteiger partial charge in [-0.05, 0) is 24.7 Å². The molecule has 0 amide bonds. The van der Waals surface area contributed by atoms with E-state index in [1.165, 1.54) is 43.6 Å². The molecule has 0 bridgehead atoms. The highest BCUT2D eigenvalue weighted by atomic mass is 127.